The first kappa shape index (κ1) is 67.3. The SMILES string of the molecule is CC(C)(C)c1cc2c(OCc3ccccn3)c(c1)Cc1cc(C(C)(C)C)cc(c1OCc1ccccn1)Cc1cc(C(C)(C)C)cc(c1OCc1ccccn1)Cc1cc(C(C)(C)C)cc(c1OCc1ccccn1)Cc1cc(C(C)(C)C)cc(c1OCc1ccccn1)C2. The summed E-state index contributed by atoms with van der Waals surface area (Å²) in [6.07, 6.45) is 11.6. The lowest BCUT2D eigenvalue weighted by Crippen LogP contribution is -2.18. The zero-order valence-corrected chi connectivity index (χ0v) is 58.7. The van der Waals surface area contributed by atoms with Gasteiger partial charge >= 0.3 is 0 Å². The zero-order chi connectivity index (χ0) is 67.3. The Hall–Kier alpha value is -9.15. The van der Waals surface area contributed by atoms with Crippen LogP contribution in [0.1, 0.15) is 216 Å². The van der Waals surface area contributed by atoms with Gasteiger partial charge in [0, 0.05) is 63.1 Å². The summed E-state index contributed by atoms with van der Waals surface area (Å²) < 4.78 is 37.1. The summed E-state index contributed by atoms with van der Waals surface area (Å²) in [5.41, 5.74) is 19.1. The Morgan fingerprint density at radius 1 is 0.232 bits per heavy atom. The smallest absolute Gasteiger partial charge is 0.130 e. The molecule has 1 aliphatic rings. The van der Waals surface area contributed by atoms with E-state index in [0.717, 1.165) is 113 Å². The summed E-state index contributed by atoms with van der Waals surface area (Å²) in [7, 11) is 0. The molecule has 0 N–H and O–H groups in total. The van der Waals surface area contributed by atoms with E-state index in [4.69, 9.17) is 48.6 Å². The van der Waals surface area contributed by atoms with Crippen LogP contribution >= 0.6 is 0 Å². The third-order valence-corrected chi connectivity index (χ3v) is 17.9. The number of nitrogens with zero attached hydrogens (tertiary/aromatic N) is 5. The first-order chi connectivity index (χ1) is 45.2. The molecule has 10 aromatic rings. The van der Waals surface area contributed by atoms with Crippen molar-refractivity contribution in [3.63, 3.8) is 0 Å². The number of rotatable bonds is 15. The van der Waals surface area contributed by atoms with Gasteiger partial charge in [-0.05, 0) is 171 Å². The largest absolute Gasteiger partial charge is 0.487 e. The van der Waals surface area contributed by atoms with Crippen molar-refractivity contribution in [2.24, 2.45) is 0 Å². The zero-order valence-electron chi connectivity index (χ0n) is 58.7. The summed E-state index contributed by atoms with van der Waals surface area (Å²) >= 11 is 0. The van der Waals surface area contributed by atoms with Gasteiger partial charge in [-0.1, -0.05) is 195 Å². The second kappa shape index (κ2) is 28.0. The van der Waals surface area contributed by atoms with Gasteiger partial charge in [-0.25, -0.2) is 0 Å². The van der Waals surface area contributed by atoms with Crippen molar-refractivity contribution in [1.29, 1.82) is 0 Å². The lowest BCUT2D eigenvalue weighted by Gasteiger charge is -2.29. The van der Waals surface area contributed by atoms with Crippen LogP contribution < -0.4 is 23.7 Å². The first-order valence-corrected chi connectivity index (χ1v) is 33.6. The highest BCUT2D eigenvalue weighted by atomic mass is 16.5. The van der Waals surface area contributed by atoms with Crippen LogP contribution in [-0.4, -0.2) is 24.9 Å². The Bertz CT molecular complexity index is 3510. The average Bonchev–Trinajstić information content (AvgIpc) is 0.775. The Morgan fingerprint density at radius 2 is 0.379 bits per heavy atom. The molecule has 5 heterocycles. The number of pyridine rings is 5. The van der Waals surface area contributed by atoms with Crippen LogP contribution in [-0.2, 0) is 92.2 Å². The maximum absolute atomic E-state index is 7.41. The summed E-state index contributed by atoms with van der Waals surface area (Å²) in [5.74, 6) is 4.01. The minimum atomic E-state index is -0.271. The molecule has 0 saturated heterocycles. The molecule has 490 valence electrons. The molecule has 11 rings (SSSR count). The summed E-state index contributed by atoms with van der Waals surface area (Å²) in [6, 6.07) is 53.8. The fourth-order valence-electron chi connectivity index (χ4n) is 12.4. The first-order valence-electron chi connectivity index (χ1n) is 33.6. The molecular formula is C85H95N5O5. The van der Waals surface area contributed by atoms with E-state index in [1.54, 1.807) is 0 Å². The third-order valence-electron chi connectivity index (χ3n) is 17.9. The number of fused-ring (bicyclic) bond motifs is 10. The Morgan fingerprint density at radius 3 is 0.495 bits per heavy atom. The van der Waals surface area contributed by atoms with E-state index in [1.807, 2.05) is 122 Å². The van der Waals surface area contributed by atoms with Gasteiger partial charge in [0.25, 0.3) is 0 Å². The van der Waals surface area contributed by atoms with Gasteiger partial charge < -0.3 is 23.7 Å². The molecule has 10 bridgehead atoms. The van der Waals surface area contributed by atoms with E-state index >= 15 is 0 Å². The molecule has 95 heavy (non-hydrogen) atoms. The molecular weight excluding hydrogens is 1170 g/mol. The van der Waals surface area contributed by atoms with Crippen molar-refractivity contribution < 1.29 is 23.7 Å². The van der Waals surface area contributed by atoms with Gasteiger partial charge in [0.15, 0.2) is 0 Å². The Balaban J connectivity index is 1.28. The highest BCUT2D eigenvalue weighted by Crippen LogP contribution is 2.46. The normalized spacial score (nSPS) is 13.0. The van der Waals surface area contributed by atoms with Crippen LogP contribution in [0.2, 0.25) is 0 Å². The fourth-order valence-corrected chi connectivity index (χ4v) is 12.4. The van der Waals surface area contributed by atoms with Crippen LogP contribution in [0.15, 0.2) is 183 Å². The molecule has 10 heteroatoms. The van der Waals surface area contributed by atoms with Gasteiger partial charge in [0.1, 0.15) is 61.8 Å². The van der Waals surface area contributed by atoms with Crippen molar-refractivity contribution in [3.8, 4) is 28.7 Å². The molecule has 0 unspecified atom stereocenters. The second-order valence-corrected chi connectivity index (χ2v) is 30.8. The molecule has 5 aromatic carbocycles. The maximum atomic E-state index is 7.41. The molecule has 0 spiro atoms. The van der Waals surface area contributed by atoms with Crippen LogP contribution in [0.25, 0.3) is 0 Å². The molecule has 1 aliphatic carbocycles. The Kier molecular flexibility index (Phi) is 19.9. The van der Waals surface area contributed by atoms with Gasteiger partial charge in [-0.2, -0.15) is 0 Å². The summed E-state index contributed by atoms with van der Waals surface area (Å²) in [5, 5.41) is 0. The van der Waals surface area contributed by atoms with Gasteiger partial charge in [0.05, 0.1) is 28.5 Å². The number of hydrogen-bond acceptors (Lipinski definition) is 10. The van der Waals surface area contributed by atoms with Crippen molar-refractivity contribution in [2.45, 2.75) is 196 Å². The van der Waals surface area contributed by atoms with Gasteiger partial charge in [-0.15, -0.1) is 0 Å². The number of ether oxygens (including phenoxy) is 5. The van der Waals surface area contributed by atoms with Crippen molar-refractivity contribution in [2.75, 3.05) is 0 Å². The highest BCUT2D eigenvalue weighted by molar-refractivity contribution is 5.61. The van der Waals surface area contributed by atoms with Crippen molar-refractivity contribution in [1.82, 2.24) is 24.9 Å². The molecule has 10 nitrogen and oxygen atoms in total. The van der Waals surface area contributed by atoms with E-state index in [1.165, 1.54) is 27.8 Å². The lowest BCUT2D eigenvalue weighted by molar-refractivity contribution is 0.288. The third kappa shape index (κ3) is 16.9. The molecule has 0 radical (unpaired) electrons. The van der Waals surface area contributed by atoms with Gasteiger partial charge in [-0.3, -0.25) is 24.9 Å². The van der Waals surface area contributed by atoms with E-state index in [-0.39, 0.29) is 60.1 Å². The lowest BCUT2D eigenvalue weighted by atomic mass is 9.79. The van der Waals surface area contributed by atoms with Crippen LogP contribution in [0.3, 0.4) is 0 Å². The topological polar surface area (TPSA) is 111 Å². The maximum Gasteiger partial charge on any atom is 0.130 e. The summed E-state index contributed by atoms with van der Waals surface area (Å²) in [6.45, 7) is 35.8. The highest BCUT2D eigenvalue weighted by Gasteiger charge is 2.31. The second-order valence-electron chi connectivity index (χ2n) is 30.8. The molecule has 0 atom stereocenters. The quantitative estimate of drug-likeness (QED) is 0.0984. The van der Waals surface area contributed by atoms with E-state index in [2.05, 4.69) is 165 Å². The summed E-state index contributed by atoms with van der Waals surface area (Å²) in [4.78, 5) is 24.1. The van der Waals surface area contributed by atoms with E-state index in [0.29, 0.717) is 32.1 Å². The molecule has 0 saturated carbocycles. The molecule has 0 aliphatic heterocycles. The predicted molar refractivity (Wildman–Crippen MR) is 383 cm³/mol. The van der Waals surface area contributed by atoms with Crippen LogP contribution in [0, 0.1) is 0 Å². The molecule has 0 fully saturated rings. The monoisotopic (exact) mass is 1270 g/mol. The number of aromatic nitrogens is 5. The standard InChI is InChI=1S/C85H95N5O5/c1-81(2,3)66-41-56-36-58-43-67(82(4,5)6)45-60(77(58)92-52-72-27-17-22-32-87-72)38-62-47-69(84(10,11)12)49-64(79(62)94-54-74-29-19-24-34-89-74)40-65-50-70(85(13,14)15)48-63(80(65)95-55-75-30-20-25-35-90-75)39-61-46-68(83(7,8)9)44-59(78(61)93-53-73-28-18-23-33-88-73)37-57(42-66)76(56)91-51-71-26-16-21-31-86-71/h16-35,41-50H,36-40,51-55H2,1-15H3. The van der Waals surface area contributed by atoms with Crippen LogP contribution in [0.5, 0.6) is 28.7 Å². The van der Waals surface area contributed by atoms with Crippen molar-refractivity contribution >= 4 is 0 Å². The van der Waals surface area contributed by atoms with Gasteiger partial charge in [0.2, 0.25) is 0 Å². The molecule has 0 amide bonds. The molecule has 5 aromatic heterocycles. The van der Waals surface area contributed by atoms with Crippen molar-refractivity contribution in [3.05, 3.63) is 295 Å². The minimum absolute atomic E-state index is 0.254. The van der Waals surface area contributed by atoms with E-state index < -0.39 is 0 Å². The predicted octanol–water partition coefficient (Wildman–Crippen LogP) is 19.3. The minimum Gasteiger partial charge on any atom is -0.487 e. The number of hydrogen-bond donors (Lipinski definition) is 0. The fraction of sp³-hybridized carbons (Fsp3) is 0.353. The Labute approximate surface area is 565 Å². The average molecular weight is 1270 g/mol. The van der Waals surface area contributed by atoms with Crippen LogP contribution in [0.4, 0.5) is 0 Å². The van der Waals surface area contributed by atoms with E-state index in [9.17, 15) is 0 Å². The number of benzene rings is 5.